The van der Waals surface area contributed by atoms with Crippen LogP contribution in [0.25, 0.3) is 0 Å². The summed E-state index contributed by atoms with van der Waals surface area (Å²) < 4.78 is 0. The number of carbonyl (C=O) groups excluding carboxylic acids is 1. The van der Waals surface area contributed by atoms with Gasteiger partial charge in [-0.2, -0.15) is 0 Å². The molecule has 1 aliphatic heterocycles. The van der Waals surface area contributed by atoms with Gasteiger partial charge in [0.15, 0.2) is 0 Å². The van der Waals surface area contributed by atoms with Gasteiger partial charge < -0.3 is 4.90 Å². The number of benzene rings is 1. The van der Waals surface area contributed by atoms with Crippen molar-refractivity contribution in [3.8, 4) is 0 Å². The van der Waals surface area contributed by atoms with E-state index in [9.17, 15) is 4.79 Å². The maximum absolute atomic E-state index is 12.8. The van der Waals surface area contributed by atoms with Crippen molar-refractivity contribution in [1.82, 2.24) is 14.9 Å². The predicted molar refractivity (Wildman–Crippen MR) is 96.9 cm³/mol. The van der Waals surface area contributed by atoms with Crippen molar-refractivity contribution in [2.24, 2.45) is 5.92 Å². The number of fused-ring (bicyclic) bond motifs is 2. The van der Waals surface area contributed by atoms with Gasteiger partial charge in [0.2, 0.25) is 5.91 Å². The fourth-order valence-electron chi connectivity index (χ4n) is 4.03. The molecule has 1 unspecified atom stereocenters. The highest BCUT2D eigenvalue weighted by Gasteiger charge is 2.30. The van der Waals surface area contributed by atoms with Crippen molar-refractivity contribution in [2.75, 3.05) is 0 Å². The Balaban J connectivity index is 1.42. The highest BCUT2D eigenvalue weighted by atomic mass is 16.2. The summed E-state index contributed by atoms with van der Waals surface area (Å²) in [6, 6.07) is 8.55. The van der Waals surface area contributed by atoms with Crippen LogP contribution in [0.2, 0.25) is 0 Å². The maximum atomic E-state index is 12.8. The third kappa shape index (κ3) is 3.30. The van der Waals surface area contributed by atoms with Crippen molar-refractivity contribution < 1.29 is 4.79 Å². The van der Waals surface area contributed by atoms with E-state index in [1.807, 2.05) is 11.1 Å². The summed E-state index contributed by atoms with van der Waals surface area (Å²) in [6.45, 7) is 5.64. The first-order valence-corrected chi connectivity index (χ1v) is 9.29. The van der Waals surface area contributed by atoms with Gasteiger partial charge in [-0.3, -0.25) is 4.79 Å². The van der Waals surface area contributed by atoms with E-state index in [0.29, 0.717) is 31.3 Å². The Morgan fingerprint density at radius 2 is 2.08 bits per heavy atom. The Hall–Kier alpha value is -2.23. The second kappa shape index (κ2) is 6.58. The molecule has 2 aromatic rings. The molecule has 1 aliphatic carbocycles. The van der Waals surface area contributed by atoms with Gasteiger partial charge in [0.1, 0.15) is 5.82 Å². The van der Waals surface area contributed by atoms with Crippen LogP contribution in [0.15, 0.2) is 30.5 Å². The summed E-state index contributed by atoms with van der Waals surface area (Å²) in [5, 5.41) is 0. The van der Waals surface area contributed by atoms with Crippen LogP contribution in [0.1, 0.15) is 60.8 Å². The quantitative estimate of drug-likeness (QED) is 0.857. The molecule has 1 atom stereocenters. The van der Waals surface area contributed by atoms with Gasteiger partial charge in [0.05, 0.1) is 12.2 Å². The van der Waals surface area contributed by atoms with Crippen LogP contribution in [-0.2, 0) is 30.7 Å². The molecule has 130 valence electrons. The molecule has 2 heterocycles. The minimum absolute atomic E-state index is 0.241. The Morgan fingerprint density at radius 1 is 1.24 bits per heavy atom. The molecule has 4 heteroatoms. The molecule has 1 aromatic carbocycles. The molecule has 0 fully saturated rings. The van der Waals surface area contributed by atoms with Gasteiger partial charge >= 0.3 is 0 Å². The lowest BCUT2D eigenvalue weighted by Crippen LogP contribution is -2.26. The van der Waals surface area contributed by atoms with Crippen LogP contribution < -0.4 is 0 Å². The van der Waals surface area contributed by atoms with Crippen molar-refractivity contribution in [1.29, 1.82) is 0 Å². The smallest absolute Gasteiger partial charge is 0.223 e. The van der Waals surface area contributed by atoms with Crippen LogP contribution in [0.5, 0.6) is 0 Å². The van der Waals surface area contributed by atoms with Gasteiger partial charge in [-0.1, -0.05) is 38.1 Å². The third-order valence-corrected chi connectivity index (χ3v) is 5.33. The predicted octanol–water partition coefficient (Wildman–Crippen LogP) is 3.64. The van der Waals surface area contributed by atoms with Gasteiger partial charge in [0, 0.05) is 31.1 Å². The monoisotopic (exact) mass is 335 g/mol. The Morgan fingerprint density at radius 3 is 2.92 bits per heavy atom. The number of nitrogens with zero attached hydrogens (tertiary/aromatic N) is 3. The summed E-state index contributed by atoms with van der Waals surface area (Å²) in [5.41, 5.74) is 4.92. The van der Waals surface area contributed by atoms with Gasteiger partial charge in [-0.15, -0.1) is 0 Å². The molecule has 4 nitrogen and oxygen atoms in total. The van der Waals surface area contributed by atoms with Gasteiger partial charge in [-0.25, -0.2) is 9.97 Å². The zero-order valence-electron chi connectivity index (χ0n) is 15.0. The molecule has 4 rings (SSSR count). The molecule has 0 saturated heterocycles. The topological polar surface area (TPSA) is 46.1 Å². The van der Waals surface area contributed by atoms with E-state index in [-0.39, 0.29) is 5.91 Å². The summed E-state index contributed by atoms with van der Waals surface area (Å²) in [6.07, 6.45) is 5.60. The highest BCUT2D eigenvalue weighted by molar-refractivity contribution is 5.78. The SMILES string of the molecule is CC(C)Cc1ncc2c(n1)CN(C(=O)CC1CCc3ccccc31)C2. The number of carbonyl (C=O) groups is 1. The van der Waals surface area contributed by atoms with E-state index in [1.165, 1.54) is 11.1 Å². The first-order chi connectivity index (χ1) is 12.1. The molecule has 25 heavy (non-hydrogen) atoms. The summed E-state index contributed by atoms with van der Waals surface area (Å²) in [7, 11) is 0. The number of amides is 1. The minimum Gasteiger partial charge on any atom is -0.332 e. The molecule has 0 bridgehead atoms. The van der Waals surface area contributed by atoms with Crippen LogP contribution in [0.3, 0.4) is 0 Å². The lowest BCUT2D eigenvalue weighted by Gasteiger charge is -2.18. The molecule has 0 radical (unpaired) electrons. The normalized spacial score (nSPS) is 18.5. The summed E-state index contributed by atoms with van der Waals surface area (Å²) in [4.78, 5) is 23.9. The molecular weight excluding hydrogens is 310 g/mol. The molecular formula is C21H25N3O. The molecule has 1 amide bonds. The number of rotatable bonds is 4. The average molecular weight is 335 g/mol. The highest BCUT2D eigenvalue weighted by Crippen LogP contribution is 2.36. The van der Waals surface area contributed by atoms with E-state index >= 15 is 0 Å². The number of aromatic nitrogens is 2. The lowest BCUT2D eigenvalue weighted by atomic mass is 9.97. The Kier molecular flexibility index (Phi) is 4.28. The second-order valence-electron chi connectivity index (χ2n) is 7.74. The minimum atomic E-state index is 0.241. The number of aryl methyl sites for hydroxylation is 1. The van der Waals surface area contributed by atoms with E-state index in [2.05, 4.69) is 48.1 Å². The van der Waals surface area contributed by atoms with Crippen molar-refractivity contribution in [3.63, 3.8) is 0 Å². The van der Waals surface area contributed by atoms with Gasteiger partial charge in [0.25, 0.3) is 0 Å². The molecule has 1 aromatic heterocycles. The van der Waals surface area contributed by atoms with Crippen molar-refractivity contribution in [3.05, 3.63) is 58.7 Å². The van der Waals surface area contributed by atoms with Crippen LogP contribution in [0.4, 0.5) is 0 Å². The molecule has 0 N–H and O–H groups in total. The van der Waals surface area contributed by atoms with Crippen molar-refractivity contribution >= 4 is 5.91 Å². The fourth-order valence-corrected chi connectivity index (χ4v) is 4.03. The van der Waals surface area contributed by atoms with E-state index in [0.717, 1.165) is 36.3 Å². The molecule has 0 saturated carbocycles. The van der Waals surface area contributed by atoms with Crippen molar-refractivity contribution in [2.45, 2.75) is 58.5 Å². The Labute approximate surface area is 149 Å². The van der Waals surface area contributed by atoms with E-state index in [4.69, 9.17) is 0 Å². The fraction of sp³-hybridized carbons (Fsp3) is 0.476. The summed E-state index contributed by atoms with van der Waals surface area (Å²) in [5.74, 6) is 2.05. The molecule has 2 aliphatic rings. The average Bonchev–Trinajstić information content (AvgIpc) is 3.18. The zero-order chi connectivity index (χ0) is 17.4. The third-order valence-electron chi connectivity index (χ3n) is 5.33. The van der Waals surface area contributed by atoms with E-state index < -0.39 is 0 Å². The lowest BCUT2D eigenvalue weighted by molar-refractivity contribution is -0.132. The van der Waals surface area contributed by atoms with Gasteiger partial charge in [-0.05, 0) is 35.8 Å². The molecule has 0 spiro atoms. The first kappa shape index (κ1) is 16.2. The first-order valence-electron chi connectivity index (χ1n) is 9.29. The second-order valence-corrected chi connectivity index (χ2v) is 7.74. The largest absolute Gasteiger partial charge is 0.332 e. The number of hydrogen-bond donors (Lipinski definition) is 0. The summed E-state index contributed by atoms with van der Waals surface area (Å²) >= 11 is 0. The standard InChI is InChI=1S/C21H25N3O/c1-14(2)9-20-22-11-17-12-24(13-19(17)23-20)21(25)10-16-8-7-15-5-3-4-6-18(15)16/h3-6,11,14,16H,7-10,12-13H2,1-2H3. The van der Waals surface area contributed by atoms with Crippen LogP contribution in [-0.4, -0.2) is 20.8 Å². The van der Waals surface area contributed by atoms with Crippen LogP contribution >= 0.6 is 0 Å². The van der Waals surface area contributed by atoms with E-state index in [1.54, 1.807) is 0 Å². The Bertz CT molecular complexity index is 799. The van der Waals surface area contributed by atoms with Crippen LogP contribution in [0, 0.1) is 5.92 Å². The number of hydrogen-bond acceptors (Lipinski definition) is 3. The zero-order valence-corrected chi connectivity index (χ0v) is 15.0. The maximum Gasteiger partial charge on any atom is 0.223 e.